The summed E-state index contributed by atoms with van der Waals surface area (Å²) in [5.41, 5.74) is 3.79. The molecule has 0 saturated carbocycles. The van der Waals surface area contributed by atoms with Gasteiger partial charge >= 0.3 is 0 Å². The minimum Gasteiger partial charge on any atom is -0.348 e. The highest BCUT2D eigenvalue weighted by molar-refractivity contribution is 7.92. The Morgan fingerprint density at radius 2 is 1.76 bits per heavy atom. The molecule has 7 heteroatoms. The van der Waals surface area contributed by atoms with Crippen molar-refractivity contribution in [1.29, 1.82) is 0 Å². The Morgan fingerprint density at radius 3 is 2.41 bits per heavy atom. The van der Waals surface area contributed by atoms with Gasteiger partial charge in [-0.1, -0.05) is 24.3 Å². The van der Waals surface area contributed by atoms with Crippen molar-refractivity contribution >= 4 is 21.6 Å². The van der Waals surface area contributed by atoms with Gasteiger partial charge in [-0.05, 0) is 74.4 Å². The maximum absolute atomic E-state index is 13.6. The van der Waals surface area contributed by atoms with E-state index in [2.05, 4.69) is 17.4 Å². The Balaban J connectivity index is 1.79. The van der Waals surface area contributed by atoms with Crippen LogP contribution in [-0.4, -0.2) is 26.6 Å². The molecule has 0 bridgehead atoms. The van der Waals surface area contributed by atoms with Crippen LogP contribution in [0.25, 0.3) is 0 Å². The Hall–Kier alpha value is -2.41. The molecule has 1 amide bonds. The molecule has 0 aliphatic heterocycles. The number of carbonyl (C=O) groups is 1. The predicted molar refractivity (Wildman–Crippen MR) is 113 cm³/mol. The molecule has 3 rings (SSSR count). The SMILES string of the molecule is CC(NC(=O)C(C)N(c1cccc(F)c1)S(C)(=O)=O)c1ccc2c(c1)CCCC2. The zero-order chi connectivity index (χ0) is 21.2. The van der Waals surface area contributed by atoms with Crippen molar-refractivity contribution in [3.05, 3.63) is 65.0 Å². The van der Waals surface area contributed by atoms with Gasteiger partial charge in [0.2, 0.25) is 15.9 Å². The normalized spacial score (nSPS) is 15.9. The van der Waals surface area contributed by atoms with Crippen LogP contribution < -0.4 is 9.62 Å². The molecular formula is C22H27FN2O3S. The van der Waals surface area contributed by atoms with Crippen molar-refractivity contribution < 1.29 is 17.6 Å². The highest BCUT2D eigenvalue weighted by atomic mass is 32.2. The van der Waals surface area contributed by atoms with Crippen LogP contribution in [0.4, 0.5) is 10.1 Å². The van der Waals surface area contributed by atoms with Crippen molar-refractivity contribution in [1.82, 2.24) is 5.32 Å². The second-order valence-electron chi connectivity index (χ2n) is 7.68. The number of rotatable bonds is 6. The first kappa shape index (κ1) is 21.3. The van der Waals surface area contributed by atoms with Gasteiger partial charge in [0.15, 0.2) is 0 Å². The summed E-state index contributed by atoms with van der Waals surface area (Å²) in [6.45, 7) is 3.38. The number of amides is 1. The van der Waals surface area contributed by atoms with Gasteiger partial charge in [-0.3, -0.25) is 9.10 Å². The van der Waals surface area contributed by atoms with Crippen LogP contribution in [0.15, 0.2) is 42.5 Å². The van der Waals surface area contributed by atoms with Crippen LogP contribution >= 0.6 is 0 Å². The molecule has 0 saturated heterocycles. The molecule has 2 atom stereocenters. The number of halogens is 1. The molecular weight excluding hydrogens is 391 g/mol. The third kappa shape index (κ3) is 4.96. The molecule has 2 aromatic carbocycles. The minimum atomic E-state index is -3.79. The highest BCUT2D eigenvalue weighted by Crippen LogP contribution is 2.26. The van der Waals surface area contributed by atoms with E-state index in [4.69, 9.17) is 0 Å². The fraction of sp³-hybridized carbons (Fsp3) is 0.409. The number of sulfonamides is 1. The van der Waals surface area contributed by atoms with Crippen LogP contribution in [0.3, 0.4) is 0 Å². The van der Waals surface area contributed by atoms with Gasteiger partial charge in [0.1, 0.15) is 11.9 Å². The van der Waals surface area contributed by atoms with Gasteiger partial charge in [-0.15, -0.1) is 0 Å². The molecule has 5 nitrogen and oxygen atoms in total. The number of anilines is 1. The smallest absolute Gasteiger partial charge is 0.244 e. The zero-order valence-corrected chi connectivity index (χ0v) is 17.8. The Labute approximate surface area is 172 Å². The first-order chi connectivity index (χ1) is 13.7. The van der Waals surface area contributed by atoms with Gasteiger partial charge in [-0.2, -0.15) is 0 Å². The van der Waals surface area contributed by atoms with Crippen molar-refractivity contribution in [2.45, 2.75) is 51.6 Å². The maximum Gasteiger partial charge on any atom is 0.244 e. The topological polar surface area (TPSA) is 66.5 Å². The van der Waals surface area contributed by atoms with Gasteiger partial charge in [0.05, 0.1) is 18.0 Å². The van der Waals surface area contributed by atoms with Gasteiger partial charge in [-0.25, -0.2) is 12.8 Å². The third-order valence-electron chi connectivity index (χ3n) is 5.38. The van der Waals surface area contributed by atoms with Crippen molar-refractivity contribution in [3.8, 4) is 0 Å². The molecule has 1 aliphatic carbocycles. The van der Waals surface area contributed by atoms with Crippen molar-refractivity contribution in [3.63, 3.8) is 0 Å². The average molecular weight is 419 g/mol. The number of aryl methyl sites for hydroxylation is 2. The van der Waals surface area contributed by atoms with Crippen molar-refractivity contribution in [2.24, 2.45) is 0 Å². The van der Waals surface area contributed by atoms with Gasteiger partial charge in [0, 0.05) is 0 Å². The van der Waals surface area contributed by atoms with E-state index >= 15 is 0 Å². The number of hydrogen-bond acceptors (Lipinski definition) is 3. The number of carbonyl (C=O) groups excluding carboxylic acids is 1. The lowest BCUT2D eigenvalue weighted by molar-refractivity contribution is -0.122. The van der Waals surface area contributed by atoms with E-state index in [1.54, 1.807) is 0 Å². The van der Waals surface area contributed by atoms with E-state index in [1.165, 1.54) is 49.1 Å². The summed E-state index contributed by atoms with van der Waals surface area (Å²) in [7, 11) is -3.79. The van der Waals surface area contributed by atoms with Crippen molar-refractivity contribution in [2.75, 3.05) is 10.6 Å². The molecule has 2 unspecified atom stereocenters. The highest BCUT2D eigenvalue weighted by Gasteiger charge is 2.30. The van der Waals surface area contributed by atoms with E-state index in [1.807, 2.05) is 13.0 Å². The minimum absolute atomic E-state index is 0.122. The lowest BCUT2D eigenvalue weighted by Crippen LogP contribution is -2.48. The quantitative estimate of drug-likeness (QED) is 0.777. The molecule has 29 heavy (non-hydrogen) atoms. The molecule has 0 fully saturated rings. The molecule has 0 spiro atoms. The first-order valence-electron chi connectivity index (χ1n) is 9.84. The lowest BCUT2D eigenvalue weighted by Gasteiger charge is -2.29. The first-order valence-corrected chi connectivity index (χ1v) is 11.7. The Bertz CT molecular complexity index is 1010. The van der Waals surface area contributed by atoms with E-state index in [0.29, 0.717) is 0 Å². The number of nitrogens with one attached hydrogen (secondary N) is 1. The standard InChI is InChI=1S/C22H27FN2O3S/c1-15(18-12-11-17-7-4-5-8-19(17)13-18)24-22(26)16(2)25(29(3,27)28)21-10-6-9-20(23)14-21/h6,9-16H,4-5,7-8H2,1-3H3,(H,24,26). The van der Waals surface area contributed by atoms with E-state index in [0.717, 1.165) is 35.0 Å². The van der Waals surface area contributed by atoms with Crippen LogP contribution in [0.1, 0.15) is 49.4 Å². The lowest BCUT2D eigenvalue weighted by atomic mass is 9.89. The molecule has 1 aliphatic rings. The summed E-state index contributed by atoms with van der Waals surface area (Å²) >= 11 is 0. The number of fused-ring (bicyclic) bond motifs is 1. The Morgan fingerprint density at radius 1 is 1.07 bits per heavy atom. The van der Waals surface area contributed by atoms with Crippen LogP contribution in [0.5, 0.6) is 0 Å². The largest absolute Gasteiger partial charge is 0.348 e. The van der Waals surface area contributed by atoms with Crippen LogP contribution in [0.2, 0.25) is 0 Å². The zero-order valence-electron chi connectivity index (χ0n) is 17.0. The summed E-state index contributed by atoms with van der Waals surface area (Å²) in [6.07, 6.45) is 5.52. The summed E-state index contributed by atoms with van der Waals surface area (Å²) in [6, 6.07) is 10.2. The summed E-state index contributed by atoms with van der Waals surface area (Å²) < 4.78 is 39.2. The number of benzene rings is 2. The van der Waals surface area contributed by atoms with E-state index < -0.39 is 27.8 Å². The summed E-state index contributed by atoms with van der Waals surface area (Å²) in [5.74, 6) is -1.00. The number of hydrogen-bond donors (Lipinski definition) is 1. The van der Waals surface area contributed by atoms with E-state index in [-0.39, 0.29) is 11.7 Å². The summed E-state index contributed by atoms with van der Waals surface area (Å²) in [5, 5.41) is 2.90. The fourth-order valence-electron chi connectivity index (χ4n) is 3.86. The van der Waals surface area contributed by atoms with E-state index in [9.17, 15) is 17.6 Å². The van der Waals surface area contributed by atoms with Crippen LogP contribution in [-0.2, 0) is 27.7 Å². The van der Waals surface area contributed by atoms with Crippen LogP contribution in [0, 0.1) is 5.82 Å². The predicted octanol–water partition coefficient (Wildman–Crippen LogP) is 3.74. The third-order valence-corrected chi connectivity index (χ3v) is 6.62. The average Bonchev–Trinajstić information content (AvgIpc) is 2.66. The molecule has 0 radical (unpaired) electrons. The molecule has 156 valence electrons. The molecule has 0 aromatic heterocycles. The maximum atomic E-state index is 13.6. The fourth-order valence-corrected chi connectivity index (χ4v) is 5.03. The summed E-state index contributed by atoms with van der Waals surface area (Å²) in [4.78, 5) is 12.9. The van der Waals surface area contributed by atoms with Gasteiger partial charge < -0.3 is 5.32 Å². The molecule has 1 N–H and O–H groups in total. The molecule has 0 heterocycles. The second-order valence-corrected chi connectivity index (χ2v) is 9.54. The monoisotopic (exact) mass is 418 g/mol. The second kappa shape index (κ2) is 8.53. The Kier molecular flexibility index (Phi) is 6.27. The molecule has 2 aromatic rings. The number of nitrogens with zero attached hydrogens (tertiary/aromatic N) is 1. The van der Waals surface area contributed by atoms with Gasteiger partial charge in [0.25, 0.3) is 0 Å².